The average Bonchev–Trinajstić information content (AvgIpc) is 2.55. The van der Waals surface area contributed by atoms with Gasteiger partial charge in [0.05, 0.1) is 5.56 Å². The van der Waals surface area contributed by atoms with Gasteiger partial charge in [0.1, 0.15) is 5.75 Å². The zero-order chi connectivity index (χ0) is 17.5. The van der Waals surface area contributed by atoms with E-state index in [2.05, 4.69) is 44.0 Å². The van der Waals surface area contributed by atoms with Crippen LogP contribution in [0.15, 0.2) is 54.4 Å². The average molecular weight is 323 g/mol. The first-order chi connectivity index (χ1) is 11.5. The highest BCUT2D eigenvalue weighted by molar-refractivity contribution is 5.91. The van der Waals surface area contributed by atoms with Crippen LogP contribution in [0.4, 0.5) is 0 Å². The summed E-state index contributed by atoms with van der Waals surface area (Å²) in [6.07, 6.45) is 7.47. The number of carbonyl (C=O) groups is 1. The SMILES string of the molecule is CC(C)=CCC[C@H](C)c1ccc(C)cc1OC(=O)c1ccncc1. The zero-order valence-corrected chi connectivity index (χ0v) is 14.9. The highest BCUT2D eigenvalue weighted by Gasteiger charge is 2.15. The predicted octanol–water partition coefficient (Wildman–Crippen LogP) is 5.46. The molecule has 24 heavy (non-hydrogen) atoms. The monoisotopic (exact) mass is 323 g/mol. The van der Waals surface area contributed by atoms with Crippen molar-refractivity contribution in [2.75, 3.05) is 0 Å². The summed E-state index contributed by atoms with van der Waals surface area (Å²) in [5.41, 5.74) is 3.99. The Morgan fingerprint density at radius 1 is 1.21 bits per heavy atom. The second-order valence-electron chi connectivity index (χ2n) is 6.43. The quantitative estimate of drug-likeness (QED) is 0.402. The molecule has 1 heterocycles. The third kappa shape index (κ3) is 5.05. The number of hydrogen-bond acceptors (Lipinski definition) is 3. The van der Waals surface area contributed by atoms with Crippen molar-refractivity contribution in [3.63, 3.8) is 0 Å². The van der Waals surface area contributed by atoms with E-state index in [1.165, 1.54) is 5.57 Å². The van der Waals surface area contributed by atoms with Gasteiger partial charge in [-0.05, 0) is 68.9 Å². The van der Waals surface area contributed by atoms with Crippen LogP contribution >= 0.6 is 0 Å². The number of nitrogens with zero attached hydrogens (tertiary/aromatic N) is 1. The number of hydrogen-bond donors (Lipinski definition) is 0. The van der Waals surface area contributed by atoms with Gasteiger partial charge < -0.3 is 4.74 Å². The number of allylic oxidation sites excluding steroid dienone is 2. The van der Waals surface area contributed by atoms with E-state index in [9.17, 15) is 4.79 Å². The van der Waals surface area contributed by atoms with Gasteiger partial charge >= 0.3 is 5.97 Å². The number of carbonyl (C=O) groups excluding carboxylic acids is 1. The lowest BCUT2D eigenvalue weighted by Crippen LogP contribution is -2.11. The van der Waals surface area contributed by atoms with Crippen molar-refractivity contribution in [2.24, 2.45) is 0 Å². The van der Waals surface area contributed by atoms with Crippen LogP contribution in [0.5, 0.6) is 5.75 Å². The molecule has 0 radical (unpaired) electrons. The van der Waals surface area contributed by atoms with Crippen molar-refractivity contribution in [3.05, 3.63) is 71.1 Å². The summed E-state index contributed by atoms with van der Waals surface area (Å²) >= 11 is 0. The Balaban J connectivity index is 2.18. The van der Waals surface area contributed by atoms with Crippen LogP contribution in [0.25, 0.3) is 0 Å². The number of ether oxygens (including phenoxy) is 1. The molecule has 0 fully saturated rings. The Morgan fingerprint density at radius 3 is 2.58 bits per heavy atom. The smallest absolute Gasteiger partial charge is 0.343 e. The molecule has 0 aliphatic rings. The first-order valence-electron chi connectivity index (χ1n) is 8.33. The van der Waals surface area contributed by atoms with E-state index in [-0.39, 0.29) is 5.97 Å². The maximum atomic E-state index is 12.3. The first kappa shape index (κ1) is 17.9. The summed E-state index contributed by atoms with van der Waals surface area (Å²) in [7, 11) is 0. The largest absolute Gasteiger partial charge is 0.423 e. The second-order valence-corrected chi connectivity index (χ2v) is 6.43. The molecule has 1 atom stereocenters. The van der Waals surface area contributed by atoms with E-state index in [0.29, 0.717) is 17.2 Å². The third-order valence-electron chi connectivity index (χ3n) is 3.97. The topological polar surface area (TPSA) is 39.2 Å². The molecule has 0 aliphatic heterocycles. The fourth-order valence-electron chi connectivity index (χ4n) is 2.56. The Morgan fingerprint density at radius 2 is 1.92 bits per heavy atom. The third-order valence-corrected chi connectivity index (χ3v) is 3.97. The standard InChI is InChI=1S/C21H25NO2/c1-15(2)6-5-7-17(4)19-9-8-16(3)14-20(19)24-21(23)18-10-12-22-13-11-18/h6,8-14,17H,5,7H2,1-4H3/t17-/m0/s1. The van der Waals surface area contributed by atoms with Gasteiger partial charge in [-0.25, -0.2) is 4.79 Å². The van der Waals surface area contributed by atoms with Crippen molar-refractivity contribution in [3.8, 4) is 5.75 Å². The molecule has 0 N–H and O–H groups in total. The van der Waals surface area contributed by atoms with Gasteiger partial charge in [-0.15, -0.1) is 0 Å². The molecule has 0 aliphatic carbocycles. The predicted molar refractivity (Wildman–Crippen MR) is 97.5 cm³/mol. The van der Waals surface area contributed by atoms with Crippen LogP contribution in [0.2, 0.25) is 0 Å². The molecule has 0 saturated carbocycles. The Labute approximate surface area is 144 Å². The summed E-state index contributed by atoms with van der Waals surface area (Å²) in [6.45, 7) is 8.39. The van der Waals surface area contributed by atoms with Crippen LogP contribution < -0.4 is 4.74 Å². The summed E-state index contributed by atoms with van der Waals surface area (Å²) in [5.74, 6) is 0.628. The van der Waals surface area contributed by atoms with Crippen molar-refractivity contribution in [1.29, 1.82) is 0 Å². The van der Waals surface area contributed by atoms with E-state index < -0.39 is 0 Å². The van der Waals surface area contributed by atoms with Crippen LogP contribution in [-0.2, 0) is 0 Å². The molecule has 0 unspecified atom stereocenters. The molecule has 1 aromatic carbocycles. The van der Waals surface area contributed by atoms with Gasteiger partial charge in [-0.1, -0.05) is 30.7 Å². The lowest BCUT2D eigenvalue weighted by molar-refractivity contribution is 0.0732. The zero-order valence-electron chi connectivity index (χ0n) is 14.9. The number of pyridine rings is 1. The minimum absolute atomic E-state index is 0.321. The molecule has 0 amide bonds. The Bertz CT molecular complexity index is 716. The van der Waals surface area contributed by atoms with Crippen LogP contribution in [0, 0.1) is 6.92 Å². The molecule has 1 aromatic heterocycles. The molecule has 0 saturated heterocycles. The maximum absolute atomic E-state index is 12.3. The van der Waals surface area contributed by atoms with Gasteiger partial charge in [0.25, 0.3) is 0 Å². The van der Waals surface area contributed by atoms with Crippen molar-refractivity contribution in [2.45, 2.75) is 46.5 Å². The molecular formula is C21H25NO2. The Hall–Kier alpha value is -2.42. The molecule has 0 bridgehead atoms. The molecule has 3 nitrogen and oxygen atoms in total. The van der Waals surface area contributed by atoms with Gasteiger partial charge in [-0.2, -0.15) is 0 Å². The summed E-state index contributed by atoms with van der Waals surface area (Å²) in [6, 6.07) is 9.39. The van der Waals surface area contributed by atoms with Crippen LogP contribution in [0.3, 0.4) is 0 Å². The normalized spacial score (nSPS) is 11.7. The molecule has 3 heteroatoms. The first-order valence-corrected chi connectivity index (χ1v) is 8.33. The summed E-state index contributed by atoms with van der Waals surface area (Å²) < 4.78 is 5.68. The van der Waals surface area contributed by atoms with E-state index in [1.54, 1.807) is 24.5 Å². The van der Waals surface area contributed by atoms with Crippen LogP contribution in [-0.4, -0.2) is 11.0 Å². The number of rotatable bonds is 6. The van der Waals surface area contributed by atoms with Crippen molar-refractivity contribution in [1.82, 2.24) is 4.98 Å². The van der Waals surface area contributed by atoms with Crippen LogP contribution in [0.1, 0.15) is 61.0 Å². The number of benzene rings is 1. The number of aryl methyl sites for hydroxylation is 1. The molecule has 2 aromatic rings. The molecule has 126 valence electrons. The highest BCUT2D eigenvalue weighted by Crippen LogP contribution is 2.31. The highest BCUT2D eigenvalue weighted by atomic mass is 16.5. The van der Waals surface area contributed by atoms with Gasteiger partial charge in [0.2, 0.25) is 0 Å². The van der Waals surface area contributed by atoms with Gasteiger partial charge in [0, 0.05) is 12.4 Å². The van der Waals surface area contributed by atoms with Crippen molar-refractivity contribution >= 4 is 5.97 Å². The lowest BCUT2D eigenvalue weighted by Gasteiger charge is -2.16. The maximum Gasteiger partial charge on any atom is 0.343 e. The van der Waals surface area contributed by atoms with E-state index in [0.717, 1.165) is 24.0 Å². The van der Waals surface area contributed by atoms with E-state index in [4.69, 9.17) is 4.74 Å². The molecule has 2 rings (SSSR count). The minimum atomic E-state index is -0.347. The lowest BCUT2D eigenvalue weighted by atomic mass is 9.94. The van der Waals surface area contributed by atoms with E-state index in [1.807, 2.05) is 13.0 Å². The summed E-state index contributed by atoms with van der Waals surface area (Å²) in [4.78, 5) is 16.3. The molecular weight excluding hydrogens is 298 g/mol. The van der Waals surface area contributed by atoms with Crippen molar-refractivity contribution < 1.29 is 9.53 Å². The number of aromatic nitrogens is 1. The number of esters is 1. The Kier molecular flexibility index (Phi) is 6.30. The fraction of sp³-hybridized carbons (Fsp3) is 0.333. The molecule has 0 spiro atoms. The van der Waals surface area contributed by atoms with E-state index >= 15 is 0 Å². The summed E-state index contributed by atoms with van der Waals surface area (Å²) in [5, 5.41) is 0. The minimum Gasteiger partial charge on any atom is -0.423 e. The second kappa shape index (κ2) is 8.44. The fourth-order valence-corrected chi connectivity index (χ4v) is 2.56. The van der Waals surface area contributed by atoms with Gasteiger partial charge in [-0.3, -0.25) is 4.98 Å². The van der Waals surface area contributed by atoms with Gasteiger partial charge in [0.15, 0.2) is 0 Å².